The minimum atomic E-state index is -0.449. The van der Waals surface area contributed by atoms with Crippen LogP contribution >= 0.6 is 11.8 Å². The average Bonchev–Trinajstić information content (AvgIpc) is 3.24. The zero-order valence-electron chi connectivity index (χ0n) is 16.5. The molecule has 0 atom stereocenters. The number of aromatic nitrogens is 2. The van der Waals surface area contributed by atoms with Gasteiger partial charge in [0.25, 0.3) is 11.1 Å². The molecule has 0 aliphatic heterocycles. The highest BCUT2D eigenvalue weighted by Gasteiger charge is 2.14. The quantitative estimate of drug-likeness (QED) is 0.375. The Balaban J connectivity index is 1.29. The summed E-state index contributed by atoms with van der Waals surface area (Å²) in [4.78, 5) is 12.2. The first-order valence-corrected chi connectivity index (χ1v) is 10.4. The van der Waals surface area contributed by atoms with E-state index in [1.165, 1.54) is 6.07 Å². The van der Waals surface area contributed by atoms with Crippen molar-refractivity contribution < 1.29 is 18.3 Å². The topological polar surface area (TPSA) is 77.2 Å². The molecule has 31 heavy (non-hydrogen) atoms. The van der Waals surface area contributed by atoms with Crippen LogP contribution in [0.25, 0.3) is 11.5 Å². The minimum Gasteiger partial charge on any atom is -0.457 e. The van der Waals surface area contributed by atoms with Crippen molar-refractivity contribution in [1.82, 2.24) is 10.2 Å². The first kappa shape index (κ1) is 20.6. The molecule has 0 aliphatic carbocycles. The van der Waals surface area contributed by atoms with Gasteiger partial charge in [-0.25, -0.2) is 4.39 Å². The van der Waals surface area contributed by atoms with Gasteiger partial charge < -0.3 is 14.5 Å². The lowest BCUT2D eigenvalue weighted by atomic mass is 10.2. The number of thioether (sulfide) groups is 1. The van der Waals surface area contributed by atoms with Crippen LogP contribution in [-0.2, 0) is 4.79 Å². The molecule has 3 aromatic carbocycles. The lowest BCUT2D eigenvalue weighted by Crippen LogP contribution is -2.13. The van der Waals surface area contributed by atoms with Crippen LogP contribution in [-0.4, -0.2) is 21.9 Å². The third kappa shape index (κ3) is 5.49. The number of rotatable bonds is 7. The van der Waals surface area contributed by atoms with E-state index in [2.05, 4.69) is 15.5 Å². The predicted molar refractivity (Wildman–Crippen MR) is 117 cm³/mol. The van der Waals surface area contributed by atoms with E-state index in [1.54, 1.807) is 42.5 Å². The van der Waals surface area contributed by atoms with Gasteiger partial charge in [0.15, 0.2) is 0 Å². The summed E-state index contributed by atoms with van der Waals surface area (Å²) in [5.41, 5.74) is 2.02. The van der Waals surface area contributed by atoms with Crippen LogP contribution in [0.15, 0.2) is 82.4 Å². The monoisotopic (exact) mass is 435 g/mol. The molecule has 0 radical (unpaired) electrons. The fraction of sp³-hybridized carbons (Fsp3) is 0.0870. The normalized spacial score (nSPS) is 10.6. The maximum atomic E-state index is 13.8. The Bertz CT molecular complexity index is 1180. The van der Waals surface area contributed by atoms with Crippen molar-refractivity contribution in [1.29, 1.82) is 0 Å². The second-order valence-electron chi connectivity index (χ2n) is 6.63. The zero-order chi connectivity index (χ0) is 21.6. The van der Waals surface area contributed by atoms with Crippen molar-refractivity contribution in [2.24, 2.45) is 0 Å². The lowest BCUT2D eigenvalue weighted by Gasteiger charge is -2.08. The Hall–Kier alpha value is -3.65. The zero-order valence-corrected chi connectivity index (χ0v) is 17.4. The summed E-state index contributed by atoms with van der Waals surface area (Å²) in [6.45, 7) is 2.01. The number of halogens is 1. The molecule has 1 heterocycles. The maximum Gasteiger partial charge on any atom is 0.277 e. The van der Waals surface area contributed by atoms with Gasteiger partial charge in [0.2, 0.25) is 5.91 Å². The molecule has 1 amide bonds. The molecule has 4 rings (SSSR count). The number of nitrogens with zero attached hydrogens (tertiary/aromatic N) is 2. The average molecular weight is 435 g/mol. The van der Waals surface area contributed by atoms with Gasteiger partial charge in [0, 0.05) is 5.69 Å². The van der Waals surface area contributed by atoms with Crippen molar-refractivity contribution in [3.05, 3.63) is 84.2 Å². The second kappa shape index (κ2) is 9.44. The van der Waals surface area contributed by atoms with E-state index >= 15 is 0 Å². The largest absolute Gasteiger partial charge is 0.457 e. The molecule has 0 spiro atoms. The predicted octanol–water partition coefficient (Wildman–Crippen LogP) is 5.71. The van der Waals surface area contributed by atoms with Gasteiger partial charge in [-0.3, -0.25) is 4.79 Å². The van der Waals surface area contributed by atoms with E-state index in [4.69, 9.17) is 9.15 Å². The van der Waals surface area contributed by atoms with Crippen LogP contribution in [0.3, 0.4) is 0 Å². The van der Waals surface area contributed by atoms with Gasteiger partial charge in [-0.05, 0) is 55.5 Å². The summed E-state index contributed by atoms with van der Waals surface area (Å²) in [5.74, 6) is 0.875. The molecule has 8 heteroatoms. The number of amides is 1. The molecule has 0 fully saturated rings. The molecule has 0 saturated carbocycles. The first-order valence-electron chi connectivity index (χ1n) is 9.42. The molecule has 0 unspecified atom stereocenters. The van der Waals surface area contributed by atoms with Crippen LogP contribution < -0.4 is 10.1 Å². The molecule has 1 aromatic heterocycles. The molecule has 1 N–H and O–H groups in total. The molecule has 6 nitrogen and oxygen atoms in total. The number of carbonyl (C=O) groups excluding carboxylic acids is 1. The van der Waals surface area contributed by atoms with Gasteiger partial charge in [-0.15, -0.1) is 10.2 Å². The van der Waals surface area contributed by atoms with Gasteiger partial charge in [-0.2, -0.15) is 0 Å². The fourth-order valence-electron chi connectivity index (χ4n) is 2.68. The molecular weight excluding hydrogens is 417 g/mol. The van der Waals surface area contributed by atoms with Gasteiger partial charge >= 0.3 is 0 Å². The maximum absolute atomic E-state index is 13.8. The molecule has 156 valence electrons. The van der Waals surface area contributed by atoms with Crippen LogP contribution in [0.4, 0.5) is 10.1 Å². The van der Waals surface area contributed by atoms with Crippen molar-refractivity contribution in [2.45, 2.75) is 12.1 Å². The van der Waals surface area contributed by atoms with E-state index in [0.717, 1.165) is 23.1 Å². The minimum absolute atomic E-state index is 0.0700. The van der Waals surface area contributed by atoms with Crippen molar-refractivity contribution in [3.63, 3.8) is 0 Å². The Morgan fingerprint density at radius 2 is 1.68 bits per heavy atom. The third-order valence-corrected chi connectivity index (χ3v) is 5.05. The first-order chi connectivity index (χ1) is 15.1. The molecular formula is C23H18FN3O3S. The summed E-state index contributed by atoms with van der Waals surface area (Å²) in [6.07, 6.45) is 0. The van der Waals surface area contributed by atoms with Crippen LogP contribution in [0.2, 0.25) is 0 Å². The summed E-state index contributed by atoms with van der Waals surface area (Å²) in [5, 5.41) is 10.7. The van der Waals surface area contributed by atoms with Crippen LogP contribution in [0, 0.1) is 12.7 Å². The smallest absolute Gasteiger partial charge is 0.277 e. The highest BCUT2D eigenvalue weighted by atomic mass is 32.2. The molecule has 0 saturated heterocycles. The van der Waals surface area contributed by atoms with E-state index < -0.39 is 5.82 Å². The number of ether oxygens (including phenoxy) is 1. The van der Waals surface area contributed by atoms with Gasteiger partial charge in [0.1, 0.15) is 17.3 Å². The Labute approximate surface area is 182 Å². The summed E-state index contributed by atoms with van der Waals surface area (Å²) >= 11 is 1.08. The number of anilines is 1. The van der Waals surface area contributed by atoms with E-state index in [0.29, 0.717) is 11.4 Å². The summed E-state index contributed by atoms with van der Waals surface area (Å²) in [7, 11) is 0. The number of hydrogen-bond donors (Lipinski definition) is 1. The Morgan fingerprint density at radius 1 is 1.00 bits per heavy atom. The summed E-state index contributed by atoms with van der Waals surface area (Å²) < 4.78 is 25.0. The number of aryl methyl sites for hydroxylation is 1. The number of nitrogens with one attached hydrogen (secondary N) is 1. The van der Waals surface area contributed by atoms with Crippen molar-refractivity contribution in [2.75, 3.05) is 11.1 Å². The second-order valence-corrected chi connectivity index (χ2v) is 7.56. The van der Waals surface area contributed by atoms with E-state index in [9.17, 15) is 9.18 Å². The van der Waals surface area contributed by atoms with Crippen molar-refractivity contribution >= 4 is 23.4 Å². The van der Waals surface area contributed by atoms with Crippen LogP contribution in [0.5, 0.6) is 11.5 Å². The number of hydrogen-bond acceptors (Lipinski definition) is 6. The van der Waals surface area contributed by atoms with Crippen LogP contribution in [0.1, 0.15) is 5.56 Å². The highest BCUT2D eigenvalue weighted by molar-refractivity contribution is 7.99. The molecule has 0 bridgehead atoms. The highest BCUT2D eigenvalue weighted by Crippen LogP contribution is 2.26. The number of benzene rings is 3. The Kier molecular flexibility index (Phi) is 6.28. The van der Waals surface area contributed by atoms with Gasteiger partial charge in [-0.1, -0.05) is 41.6 Å². The SMILES string of the molecule is Cc1ccc(Oc2ccc(NC(=O)CSc3nnc(-c4ccccc4F)o3)cc2)cc1. The molecule has 4 aromatic rings. The standard InChI is InChI=1S/C23H18FN3O3S/c1-15-6-10-17(11-7-15)29-18-12-8-16(9-13-18)25-21(28)14-31-23-27-26-22(30-23)19-4-2-3-5-20(19)24/h2-13H,14H2,1H3,(H,25,28). The lowest BCUT2D eigenvalue weighted by molar-refractivity contribution is -0.113. The summed E-state index contributed by atoms with van der Waals surface area (Å²) in [6, 6.07) is 21.0. The van der Waals surface area contributed by atoms with Gasteiger partial charge in [0.05, 0.1) is 11.3 Å². The van der Waals surface area contributed by atoms with E-state index in [1.807, 2.05) is 31.2 Å². The fourth-order valence-corrected chi connectivity index (χ4v) is 3.25. The van der Waals surface area contributed by atoms with E-state index in [-0.39, 0.29) is 28.3 Å². The van der Waals surface area contributed by atoms with Crippen molar-refractivity contribution in [3.8, 4) is 23.0 Å². The Morgan fingerprint density at radius 3 is 2.39 bits per heavy atom. The third-order valence-electron chi connectivity index (χ3n) is 4.23. The number of carbonyl (C=O) groups is 1. The molecule has 0 aliphatic rings.